The maximum atomic E-state index is 6.10. The van der Waals surface area contributed by atoms with E-state index in [0.717, 1.165) is 14.8 Å². The Balaban J connectivity index is 2.33. The predicted octanol–water partition coefficient (Wildman–Crippen LogP) is 4.76. The number of benzene rings is 1. The molecule has 2 rings (SSSR count). The van der Waals surface area contributed by atoms with E-state index in [1.807, 2.05) is 18.2 Å². The van der Waals surface area contributed by atoms with Crippen LogP contribution in [0.15, 0.2) is 30.3 Å². The number of rotatable bonds is 2. The number of hydrogen-bond donors (Lipinski definition) is 1. The van der Waals surface area contributed by atoms with Gasteiger partial charge in [-0.2, -0.15) is 0 Å². The van der Waals surface area contributed by atoms with Gasteiger partial charge in [0, 0.05) is 4.88 Å². The van der Waals surface area contributed by atoms with Gasteiger partial charge >= 0.3 is 0 Å². The van der Waals surface area contributed by atoms with Crippen molar-refractivity contribution >= 4 is 46.1 Å². The van der Waals surface area contributed by atoms with Crippen LogP contribution in [0, 0.1) is 0 Å². The molecule has 1 heterocycles. The van der Waals surface area contributed by atoms with Crippen LogP contribution < -0.4 is 5.73 Å². The molecule has 1 atom stereocenters. The zero-order valence-electron chi connectivity index (χ0n) is 8.08. The van der Waals surface area contributed by atoms with Crippen molar-refractivity contribution < 1.29 is 0 Å². The quantitative estimate of drug-likeness (QED) is 0.849. The molecule has 0 aliphatic rings. The first-order valence-electron chi connectivity index (χ1n) is 4.53. The van der Waals surface area contributed by atoms with Crippen LogP contribution in [0.1, 0.15) is 16.5 Å². The van der Waals surface area contributed by atoms with Crippen LogP contribution in [0.25, 0.3) is 0 Å². The second-order valence-electron chi connectivity index (χ2n) is 3.29. The first kappa shape index (κ1) is 12.2. The summed E-state index contributed by atoms with van der Waals surface area (Å²) in [6.45, 7) is 0. The molecule has 1 aromatic heterocycles. The third kappa shape index (κ3) is 2.53. The molecule has 5 heteroatoms. The molecule has 0 aliphatic heterocycles. The highest BCUT2D eigenvalue weighted by Gasteiger charge is 2.12. The lowest BCUT2D eigenvalue weighted by molar-refractivity contribution is 0.894. The lowest BCUT2D eigenvalue weighted by Crippen LogP contribution is -2.09. The first-order chi connectivity index (χ1) is 7.58. The van der Waals surface area contributed by atoms with Crippen molar-refractivity contribution in [2.24, 2.45) is 5.73 Å². The van der Waals surface area contributed by atoms with E-state index in [9.17, 15) is 0 Å². The van der Waals surface area contributed by atoms with Gasteiger partial charge in [-0.15, -0.1) is 11.3 Å². The fourth-order valence-corrected chi connectivity index (χ4v) is 2.76. The summed E-state index contributed by atoms with van der Waals surface area (Å²) >= 11 is 19.1. The first-order valence-corrected chi connectivity index (χ1v) is 6.48. The van der Waals surface area contributed by atoms with Crippen molar-refractivity contribution in [2.45, 2.75) is 6.04 Å². The van der Waals surface area contributed by atoms with Gasteiger partial charge in [0.1, 0.15) is 0 Å². The van der Waals surface area contributed by atoms with E-state index in [0.29, 0.717) is 10.0 Å². The molecule has 0 aliphatic carbocycles. The molecule has 0 bridgehead atoms. The second kappa shape index (κ2) is 4.94. The molecule has 84 valence electrons. The summed E-state index contributed by atoms with van der Waals surface area (Å²) in [6, 6.07) is 8.93. The Labute approximate surface area is 113 Å². The summed E-state index contributed by atoms with van der Waals surface area (Å²) in [5, 5.41) is 1.04. The van der Waals surface area contributed by atoms with E-state index >= 15 is 0 Å². The van der Waals surface area contributed by atoms with E-state index in [2.05, 4.69) is 0 Å². The molecule has 2 N–H and O–H groups in total. The SMILES string of the molecule is NC(c1ccc(Cl)c(Cl)c1)c1ccc(Cl)s1. The van der Waals surface area contributed by atoms with Crippen molar-refractivity contribution in [1.29, 1.82) is 0 Å². The maximum absolute atomic E-state index is 6.10. The Morgan fingerprint density at radius 2 is 1.75 bits per heavy atom. The van der Waals surface area contributed by atoms with Crippen LogP contribution in [-0.4, -0.2) is 0 Å². The number of halogens is 3. The fraction of sp³-hybridized carbons (Fsp3) is 0.0909. The van der Waals surface area contributed by atoms with Crippen LogP contribution in [0.5, 0.6) is 0 Å². The normalized spacial score (nSPS) is 12.8. The third-order valence-electron chi connectivity index (χ3n) is 2.20. The van der Waals surface area contributed by atoms with E-state index in [4.69, 9.17) is 40.5 Å². The van der Waals surface area contributed by atoms with Crippen LogP contribution in [-0.2, 0) is 0 Å². The topological polar surface area (TPSA) is 26.0 Å². The van der Waals surface area contributed by atoms with Gasteiger partial charge < -0.3 is 5.73 Å². The van der Waals surface area contributed by atoms with Gasteiger partial charge in [-0.1, -0.05) is 40.9 Å². The lowest BCUT2D eigenvalue weighted by atomic mass is 10.1. The fourth-order valence-electron chi connectivity index (χ4n) is 1.37. The Bertz CT molecular complexity index is 510. The van der Waals surface area contributed by atoms with Crippen LogP contribution in [0.2, 0.25) is 14.4 Å². The molecular weight excluding hydrogens is 285 g/mol. The molecule has 1 aromatic carbocycles. The Morgan fingerprint density at radius 1 is 1.00 bits per heavy atom. The monoisotopic (exact) mass is 291 g/mol. The Hall–Kier alpha value is -0.250. The van der Waals surface area contributed by atoms with Gasteiger partial charge in [-0.3, -0.25) is 0 Å². The lowest BCUT2D eigenvalue weighted by Gasteiger charge is -2.10. The Kier molecular flexibility index (Phi) is 3.77. The summed E-state index contributed by atoms with van der Waals surface area (Å²) in [5.41, 5.74) is 7.02. The average Bonchev–Trinajstić information content (AvgIpc) is 2.68. The highest BCUT2D eigenvalue weighted by molar-refractivity contribution is 7.16. The summed E-state index contributed by atoms with van der Waals surface area (Å²) in [6.07, 6.45) is 0. The molecule has 0 fully saturated rings. The molecule has 0 radical (unpaired) electrons. The van der Waals surface area contributed by atoms with Gasteiger partial charge in [0.15, 0.2) is 0 Å². The van der Waals surface area contributed by atoms with Gasteiger partial charge in [0.2, 0.25) is 0 Å². The van der Waals surface area contributed by atoms with E-state index in [1.54, 1.807) is 12.1 Å². The third-order valence-corrected chi connectivity index (χ3v) is 4.26. The maximum Gasteiger partial charge on any atom is 0.0931 e. The summed E-state index contributed by atoms with van der Waals surface area (Å²) in [7, 11) is 0. The molecular formula is C11H8Cl3NS. The van der Waals surface area contributed by atoms with Crippen molar-refractivity contribution in [3.63, 3.8) is 0 Å². The average molecular weight is 293 g/mol. The van der Waals surface area contributed by atoms with E-state index in [-0.39, 0.29) is 6.04 Å². The van der Waals surface area contributed by atoms with Gasteiger partial charge in [-0.25, -0.2) is 0 Å². The minimum atomic E-state index is -0.215. The van der Waals surface area contributed by atoms with E-state index in [1.165, 1.54) is 11.3 Å². The van der Waals surface area contributed by atoms with E-state index < -0.39 is 0 Å². The van der Waals surface area contributed by atoms with Crippen LogP contribution in [0.4, 0.5) is 0 Å². The molecule has 0 saturated carbocycles. The van der Waals surface area contributed by atoms with Gasteiger partial charge in [0.05, 0.1) is 20.4 Å². The minimum absolute atomic E-state index is 0.215. The zero-order chi connectivity index (χ0) is 11.7. The van der Waals surface area contributed by atoms with Crippen molar-refractivity contribution in [1.82, 2.24) is 0 Å². The summed E-state index contributed by atoms with van der Waals surface area (Å²) in [5.74, 6) is 0. The highest BCUT2D eigenvalue weighted by atomic mass is 35.5. The molecule has 0 spiro atoms. The minimum Gasteiger partial charge on any atom is -0.320 e. The van der Waals surface area contributed by atoms with Crippen molar-refractivity contribution in [3.8, 4) is 0 Å². The number of hydrogen-bond acceptors (Lipinski definition) is 2. The molecule has 1 unspecified atom stereocenters. The van der Waals surface area contributed by atoms with Gasteiger partial charge in [0.25, 0.3) is 0 Å². The standard InChI is InChI=1S/C11H8Cl3NS/c12-7-2-1-6(5-8(7)13)11(15)9-3-4-10(14)16-9/h1-5,11H,15H2. The molecule has 0 amide bonds. The number of thiophene rings is 1. The largest absolute Gasteiger partial charge is 0.320 e. The number of nitrogens with two attached hydrogens (primary N) is 1. The van der Waals surface area contributed by atoms with Crippen LogP contribution in [0.3, 0.4) is 0 Å². The zero-order valence-corrected chi connectivity index (χ0v) is 11.2. The summed E-state index contributed by atoms with van der Waals surface area (Å²) < 4.78 is 0.727. The van der Waals surface area contributed by atoms with Crippen molar-refractivity contribution in [2.75, 3.05) is 0 Å². The highest BCUT2D eigenvalue weighted by Crippen LogP contribution is 2.32. The second-order valence-corrected chi connectivity index (χ2v) is 5.85. The molecule has 0 saturated heterocycles. The molecule has 1 nitrogen and oxygen atoms in total. The van der Waals surface area contributed by atoms with Crippen LogP contribution >= 0.6 is 46.1 Å². The predicted molar refractivity (Wildman–Crippen MR) is 71.8 cm³/mol. The molecule has 16 heavy (non-hydrogen) atoms. The Morgan fingerprint density at radius 3 is 2.31 bits per heavy atom. The summed E-state index contributed by atoms with van der Waals surface area (Å²) in [4.78, 5) is 1.00. The van der Waals surface area contributed by atoms with Gasteiger partial charge in [-0.05, 0) is 29.8 Å². The smallest absolute Gasteiger partial charge is 0.0931 e. The van der Waals surface area contributed by atoms with Crippen molar-refractivity contribution in [3.05, 3.63) is 55.2 Å². The molecule has 2 aromatic rings.